The molecule has 6 nitrogen and oxygen atoms in total. The van der Waals surface area contributed by atoms with Crippen LogP contribution in [-0.4, -0.2) is 60.2 Å². The van der Waals surface area contributed by atoms with E-state index in [1.54, 1.807) is 0 Å². The highest BCUT2D eigenvalue weighted by molar-refractivity contribution is 7.09. The van der Waals surface area contributed by atoms with Gasteiger partial charge in [-0.3, -0.25) is 4.90 Å². The summed E-state index contributed by atoms with van der Waals surface area (Å²) in [4.78, 5) is 3.87. The van der Waals surface area contributed by atoms with Crippen molar-refractivity contribution in [2.45, 2.75) is 25.5 Å². The third kappa shape index (κ3) is 4.40. The fourth-order valence-corrected chi connectivity index (χ4v) is 4.51. The zero-order valence-electron chi connectivity index (χ0n) is 15.2. The summed E-state index contributed by atoms with van der Waals surface area (Å²) in [7, 11) is 0. The molecule has 0 aromatic carbocycles. The number of nitrogens with zero attached hydrogens (tertiary/aromatic N) is 3. The van der Waals surface area contributed by atoms with Crippen LogP contribution in [0.1, 0.15) is 17.0 Å². The fourth-order valence-electron chi connectivity index (χ4n) is 3.76. The predicted octanol–water partition coefficient (Wildman–Crippen LogP) is 2.57. The first-order valence-electron chi connectivity index (χ1n) is 9.21. The van der Waals surface area contributed by atoms with Crippen molar-refractivity contribution in [2.24, 2.45) is 5.92 Å². The summed E-state index contributed by atoms with van der Waals surface area (Å²) < 4.78 is 12.2. The average molecular weight is 375 g/mol. The number of aryl methyl sites for hydroxylation is 1. The van der Waals surface area contributed by atoms with Gasteiger partial charge in [-0.2, -0.15) is 5.10 Å². The summed E-state index contributed by atoms with van der Waals surface area (Å²) >= 11 is 1.82. The second-order valence-electron chi connectivity index (χ2n) is 7.35. The Balaban J connectivity index is 1.33. The minimum Gasteiger partial charge on any atom is -0.377 e. The van der Waals surface area contributed by atoms with Crippen LogP contribution in [0.4, 0.5) is 5.82 Å². The molecule has 26 heavy (non-hydrogen) atoms. The van der Waals surface area contributed by atoms with Crippen LogP contribution in [0.25, 0.3) is 0 Å². The lowest BCUT2D eigenvalue weighted by Crippen LogP contribution is -2.43. The van der Waals surface area contributed by atoms with E-state index < -0.39 is 0 Å². The lowest BCUT2D eigenvalue weighted by atomic mass is 9.94. The Morgan fingerprint density at radius 1 is 1.35 bits per heavy atom. The van der Waals surface area contributed by atoms with Gasteiger partial charge in [0, 0.05) is 37.0 Å². The molecule has 0 aliphatic carbocycles. The van der Waals surface area contributed by atoms with Gasteiger partial charge in [0.25, 0.3) is 0 Å². The van der Waals surface area contributed by atoms with Crippen LogP contribution in [-0.2, 0) is 16.0 Å². The predicted molar refractivity (Wildman–Crippen MR) is 102 cm³/mol. The number of rotatable bonds is 5. The number of ether oxygens (including phenoxy) is 2. The highest BCUT2D eigenvalue weighted by Crippen LogP contribution is 2.33. The standard InChI is InChI=1S/C19H26N4O2S/c1-15-4-5-18(22-21-15)20-10-16-9-19(25-12-16)13-23(6-7-24-14-19)11-17-3-2-8-26-17/h2-5,8,16H,6-7,9-14H2,1H3,(H,20,22). The minimum atomic E-state index is -0.181. The van der Waals surface area contributed by atoms with E-state index in [9.17, 15) is 0 Å². The molecule has 2 unspecified atom stereocenters. The van der Waals surface area contributed by atoms with E-state index in [1.165, 1.54) is 4.88 Å². The molecule has 0 amide bonds. The van der Waals surface area contributed by atoms with Gasteiger partial charge in [-0.25, -0.2) is 0 Å². The van der Waals surface area contributed by atoms with Gasteiger partial charge in [-0.05, 0) is 36.9 Å². The molecule has 4 heterocycles. The Morgan fingerprint density at radius 2 is 2.31 bits per heavy atom. The van der Waals surface area contributed by atoms with Gasteiger partial charge in [0.2, 0.25) is 0 Å². The van der Waals surface area contributed by atoms with Gasteiger partial charge in [-0.1, -0.05) is 6.07 Å². The third-order valence-electron chi connectivity index (χ3n) is 5.04. The van der Waals surface area contributed by atoms with Crippen LogP contribution in [0.3, 0.4) is 0 Å². The van der Waals surface area contributed by atoms with Gasteiger partial charge >= 0.3 is 0 Å². The molecule has 2 aliphatic heterocycles. The largest absolute Gasteiger partial charge is 0.377 e. The Labute approximate surface area is 158 Å². The molecule has 0 bridgehead atoms. The lowest BCUT2D eigenvalue weighted by molar-refractivity contribution is -0.0561. The second kappa shape index (κ2) is 8.00. The minimum absolute atomic E-state index is 0.181. The summed E-state index contributed by atoms with van der Waals surface area (Å²) in [6.07, 6.45) is 1.01. The van der Waals surface area contributed by atoms with Crippen molar-refractivity contribution in [2.75, 3.05) is 44.8 Å². The van der Waals surface area contributed by atoms with Gasteiger partial charge in [-0.15, -0.1) is 16.4 Å². The van der Waals surface area contributed by atoms with Gasteiger partial charge in [0.15, 0.2) is 0 Å². The molecule has 2 aromatic rings. The summed E-state index contributed by atoms with van der Waals surface area (Å²) in [5.74, 6) is 1.29. The van der Waals surface area contributed by atoms with Crippen LogP contribution >= 0.6 is 11.3 Å². The summed E-state index contributed by atoms with van der Waals surface area (Å²) in [6, 6.07) is 8.27. The van der Waals surface area contributed by atoms with Crippen molar-refractivity contribution in [3.8, 4) is 0 Å². The number of hydrogen-bond acceptors (Lipinski definition) is 7. The summed E-state index contributed by atoms with van der Waals surface area (Å²) in [6.45, 7) is 7.91. The van der Waals surface area contributed by atoms with Crippen molar-refractivity contribution in [1.29, 1.82) is 0 Å². The SMILES string of the molecule is Cc1ccc(NCC2COC3(COCCN(Cc4cccs4)C3)C2)nn1. The Morgan fingerprint density at radius 3 is 3.12 bits per heavy atom. The number of aromatic nitrogens is 2. The Bertz CT molecular complexity index is 694. The van der Waals surface area contributed by atoms with E-state index in [0.717, 1.165) is 57.3 Å². The first-order chi connectivity index (χ1) is 12.7. The van der Waals surface area contributed by atoms with Crippen LogP contribution in [0, 0.1) is 12.8 Å². The monoisotopic (exact) mass is 374 g/mol. The maximum Gasteiger partial charge on any atom is 0.148 e. The van der Waals surface area contributed by atoms with Gasteiger partial charge in [0.1, 0.15) is 11.4 Å². The van der Waals surface area contributed by atoms with Crippen molar-refractivity contribution < 1.29 is 9.47 Å². The molecule has 2 saturated heterocycles. The Hall–Kier alpha value is -1.54. The lowest BCUT2D eigenvalue weighted by Gasteiger charge is -2.31. The first kappa shape index (κ1) is 17.9. The normalized spacial score (nSPS) is 26.9. The van der Waals surface area contributed by atoms with E-state index in [-0.39, 0.29) is 5.60 Å². The topological polar surface area (TPSA) is 59.5 Å². The molecule has 0 radical (unpaired) electrons. The maximum atomic E-state index is 6.29. The molecule has 4 rings (SSSR count). The average Bonchev–Trinajstić information content (AvgIpc) is 3.24. The molecule has 2 aliphatic rings. The van der Waals surface area contributed by atoms with E-state index in [4.69, 9.17) is 9.47 Å². The number of nitrogens with one attached hydrogen (secondary N) is 1. The van der Waals surface area contributed by atoms with E-state index >= 15 is 0 Å². The number of anilines is 1. The van der Waals surface area contributed by atoms with Crippen LogP contribution in [0.5, 0.6) is 0 Å². The van der Waals surface area contributed by atoms with Crippen molar-refractivity contribution in [3.05, 3.63) is 40.2 Å². The van der Waals surface area contributed by atoms with Gasteiger partial charge < -0.3 is 14.8 Å². The van der Waals surface area contributed by atoms with E-state index in [0.29, 0.717) is 12.5 Å². The van der Waals surface area contributed by atoms with Crippen LogP contribution in [0.2, 0.25) is 0 Å². The van der Waals surface area contributed by atoms with Crippen molar-refractivity contribution in [1.82, 2.24) is 15.1 Å². The molecule has 2 aromatic heterocycles. The van der Waals surface area contributed by atoms with Crippen molar-refractivity contribution >= 4 is 17.2 Å². The highest BCUT2D eigenvalue weighted by Gasteiger charge is 2.43. The van der Waals surface area contributed by atoms with Crippen LogP contribution in [0.15, 0.2) is 29.6 Å². The molecular weight excluding hydrogens is 348 g/mol. The number of thiophene rings is 1. The zero-order valence-corrected chi connectivity index (χ0v) is 16.0. The second-order valence-corrected chi connectivity index (χ2v) is 8.38. The Kier molecular flexibility index (Phi) is 5.49. The third-order valence-corrected chi connectivity index (χ3v) is 5.91. The molecule has 7 heteroatoms. The maximum absolute atomic E-state index is 6.29. The van der Waals surface area contributed by atoms with E-state index in [1.807, 2.05) is 30.4 Å². The van der Waals surface area contributed by atoms with Crippen molar-refractivity contribution in [3.63, 3.8) is 0 Å². The van der Waals surface area contributed by atoms with Crippen LogP contribution < -0.4 is 5.32 Å². The molecule has 1 N–H and O–H groups in total. The van der Waals surface area contributed by atoms with Gasteiger partial charge in [0.05, 0.1) is 25.5 Å². The van der Waals surface area contributed by atoms with E-state index in [2.05, 4.69) is 37.9 Å². The smallest absolute Gasteiger partial charge is 0.148 e. The summed E-state index contributed by atoms with van der Waals surface area (Å²) in [5, 5.41) is 13.8. The molecule has 2 fully saturated rings. The zero-order chi connectivity index (χ0) is 17.8. The number of hydrogen-bond donors (Lipinski definition) is 1. The fraction of sp³-hybridized carbons (Fsp3) is 0.579. The molecular formula is C19H26N4O2S. The quantitative estimate of drug-likeness (QED) is 0.868. The first-order valence-corrected chi connectivity index (χ1v) is 10.1. The molecule has 2 atom stereocenters. The summed E-state index contributed by atoms with van der Waals surface area (Å²) in [5.41, 5.74) is 0.749. The molecule has 0 saturated carbocycles. The molecule has 140 valence electrons. The molecule has 1 spiro atoms. The highest BCUT2D eigenvalue weighted by atomic mass is 32.1.